The van der Waals surface area contributed by atoms with Crippen molar-refractivity contribution < 1.29 is 4.74 Å². The predicted octanol–water partition coefficient (Wildman–Crippen LogP) is 0.707. The minimum absolute atomic E-state index is 0. The summed E-state index contributed by atoms with van der Waals surface area (Å²) in [7, 11) is 0. The summed E-state index contributed by atoms with van der Waals surface area (Å²) >= 11 is 0. The van der Waals surface area contributed by atoms with Crippen molar-refractivity contribution in [2.24, 2.45) is 5.11 Å². The fraction of sp³-hybridized carbons (Fsp3) is 1.00. The lowest BCUT2D eigenvalue weighted by atomic mass is 10.3. The first-order valence-electron chi connectivity index (χ1n) is 3.26. The van der Waals surface area contributed by atoms with Crippen LogP contribution in [0.2, 0.25) is 0 Å². The van der Waals surface area contributed by atoms with Crippen molar-refractivity contribution in [2.75, 3.05) is 26.2 Å². The smallest absolute Gasteiger partial charge is 0.0756 e. The quantitative estimate of drug-likeness (QED) is 0.384. The minimum atomic E-state index is 0. The first kappa shape index (κ1) is 10.5. The summed E-state index contributed by atoms with van der Waals surface area (Å²) in [5.41, 5.74) is 7.98. The Bertz CT molecular complexity index is 141. The number of nitrogens with zero attached hydrogens (tertiary/aromatic N) is 3. The third-order valence-electron chi connectivity index (χ3n) is 1.35. The molecule has 5 nitrogen and oxygen atoms in total. The fourth-order valence-corrected chi connectivity index (χ4v) is 0.865. The van der Waals surface area contributed by atoms with Gasteiger partial charge in [0.05, 0.1) is 19.3 Å². The molecule has 0 bridgehead atoms. The number of halogens is 1. The van der Waals surface area contributed by atoms with Crippen molar-refractivity contribution >= 4 is 12.4 Å². The van der Waals surface area contributed by atoms with Crippen LogP contribution in [0.4, 0.5) is 0 Å². The van der Waals surface area contributed by atoms with Crippen LogP contribution in [-0.4, -0.2) is 32.3 Å². The van der Waals surface area contributed by atoms with Gasteiger partial charge in [0.1, 0.15) is 0 Å². The maximum absolute atomic E-state index is 7.98. The molecular formula is C5H11ClN4O. The molecule has 0 amide bonds. The molecule has 64 valence electrons. The van der Waals surface area contributed by atoms with Gasteiger partial charge in [-0.1, -0.05) is 5.11 Å². The molecule has 0 radical (unpaired) electrons. The summed E-state index contributed by atoms with van der Waals surface area (Å²) in [5.74, 6) is 0. The fourth-order valence-electron chi connectivity index (χ4n) is 0.865. The average molecular weight is 179 g/mol. The van der Waals surface area contributed by atoms with E-state index in [-0.39, 0.29) is 18.5 Å². The van der Waals surface area contributed by atoms with E-state index >= 15 is 0 Å². The molecular weight excluding hydrogens is 168 g/mol. The Balaban J connectivity index is 0.000001000. The van der Waals surface area contributed by atoms with Gasteiger partial charge in [0.15, 0.2) is 0 Å². The van der Waals surface area contributed by atoms with Gasteiger partial charge in [-0.25, -0.2) is 0 Å². The molecule has 1 N–H and O–H groups in total. The van der Waals surface area contributed by atoms with Crippen LogP contribution in [0.25, 0.3) is 10.4 Å². The highest BCUT2D eigenvalue weighted by Gasteiger charge is 2.10. The highest BCUT2D eigenvalue weighted by molar-refractivity contribution is 5.85. The number of hydrogen-bond acceptors (Lipinski definition) is 3. The van der Waals surface area contributed by atoms with Gasteiger partial charge < -0.3 is 10.1 Å². The molecule has 6 heteroatoms. The van der Waals surface area contributed by atoms with E-state index in [2.05, 4.69) is 15.3 Å². The van der Waals surface area contributed by atoms with Gasteiger partial charge in [0, 0.05) is 18.0 Å². The second kappa shape index (κ2) is 6.24. The molecule has 1 unspecified atom stereocenters. The lowest BCUT2D eigenvalue weighted by Gasteiger charge is -2.21. The monoisotopic (exact) mass is 178 g/mol. The van der Waals surface area contributed by atoms with Crippen LogP contribution < -0.4 is 5.32 Å². The van der Waals surface area contributed by atoms with Crippen LogP contribution in [0, 0.1) is 0 Å². The van der Waals surface area contributed by atoms with Crippen molar-refractivity contribution in [3.63, 3.8) is 0 Å². The molecule has 0 aromatic heterocycles. The molecule has 1 aliphatic heterocycles. The zero-order valence-electron chi connectivity index (χ0n) is 6.06. The van der Waals surface area contributed by atoms with Gasteiger partial charge in [-0.3, -0.25) is 0 Å². The van der Waals surface area contributed by atoms with E-state index < -0.39 is 0 Å². The largest absolute Gasteiger partial charge is 0.375 e. The molecule has 1 saturated heterocycles. The predicted molar refractivity (Wildman–Crippen MR) is 43.9 cm³/mol. The van der Waals surface area contributed by atoms with Gasteiger partial charge in [-0.15, -0.1) is 12.4 Å². The van der Waals surface area contributed by atoms with Gasteiger partial charge in [0.2, 0.25) is 0 Å². The standard InChI is InChI=1S/C5H10N4O.ClH/c6-9-8-4-5-3-7-1-2-10-5;/h5,7H,1-4H2;1H. The van der Waals surface area contributed by atoms with Crippen LogP contribution >= 0.6 is 12.4 Å². The Morgan fingerprint density at radius 1 is 1.73 bits per heavy atom. The van der Waals surface area contributed by atoms with Crippen LogP contribution in [0.15, 0.2) is 5.11 Å². The highest BCUT2D eigenvalue weighted by atomic mass is 35.5. The molecule has 1 heterocycles. The normalized spacial score (nSPS) is 23.1. The molecule has 0 spiro atoms. The third-order valence-corrected chi connectivity index (χ3v) is 1.35. The van der Waals surface area contributed by atoms with Crippen LogP contribution in [-0.2, 0) is 4.74 Å². The van der Waals surface area contributed by atoms with Crippen molar-refractivity contribution in [3.05, 3.63) is 10.4 Å². The van der Waals surface area contributed by atoms with Crippen molar-refractivity contribution in [3.8, 4) is 0 Å². The Labute approximate surface area is 71.1 Å². The second-order valence-electron chi connectivity index (χ2n) is 2.11. The van der Waals surface area contributed by atoms with Crippen molar-refractivity contribution in [1.82, 2.24) is 5.32 Å². The molecule has 1 rings (SSSR count). The van der Waals surface area contributed by atoms with E-state index in [0.29, 0.717) is 13.2 Å². The van der Waals surface area contributed by atoms with E-state index in [0.717, 1.165) is 13.1 Å². The van der Waals surface area contributed by atoms with Gasteiger partial charge >= 0.3 is 0 Å². The summed E-state index contributed by atoms with van der Waals surface area (Å²) < 4.78 is 5.25. The molecule has 0 saturated carbocycles. The topological polar surface area (TPSA) is 70.0 Å². The molecule has 0 aliphatic carbocycles. The molecule has 11 heavy (non-hydrogen) atoms. The first-order valence-corrected chi connectivity index (χ1v) is 3.26. The van der Waals surface area contributed by atoms with Crippen molar-refractivity contribution in [2.45, 2.75) is 6.10 Å². The van der Waals surface area contributed by atoms with E-state index in [4.69, 9.17) is 10.3 Å². The molecule has 1 atom stereocenters. The number of hydrogen-bond donors (Lipinski definition) is 1. The first-order chi connectivity index (χ1) is 4.93. The Hall–Kier alpha value is -0.480. The van der Waals surface area contributed by atoms with Crippen LogP contribution in [0.5, 0.6) is 0 Å². The summed E-state index contributed by atoms with van der Waals surface area (Å²) in [5, 5.41) is 6.55. The maximum atomic E-state index is 7.98. The van der Waals surface area contributed by atoms with Gasteiger partial charge in [0.25, 0.3) is 0 Å². The Morgan fingerprint density at radius 2 is 2.55 bits per heavy atom. The lowest BCUT2D eigenvalue weighted by Crippen LogP contribution is -2.39. The van der Waals surface area contributed by atoms with Crippen LogP contribution in [0.1, 0.15) is 0 Å². The number of morpholine rings is 1. The summed E-state index contributed by atoms with van der Waals surface area (Å²) in [6.07, 6.45) is 0.0737. The molecule has 1 fully saturated rings. The molecule has 0 aromatic carbocycles. The summed E-state index contributed by atoms with van der Waals surface area (Å²) in [6, 6.07) is 0. The van der Waals surface area contributed by atoms with E-state index in [1.165, 1.54) is 0 Å². The van der Waals surface area contributed by atoms with Gasteiger partial charge in [-0.2, -0.15) is 0 Å². The number of rotatable bonds is 2. The minimum Gasteiger partial charge on any atom is -0.375 e. The maximum Gasteiger partial charge on any atom is 0.0756 e. The zero-order valence-corrected chi connectivity index (χ0v) is 6.88. The molecule has 0 aromatic rings. The Morgan fingerprint density at radius 3 is 3.09 bits per heavy atom. The molecule has 1 aliphatic rings. The SMILES string of the molecule is Cl.[N-]=[N+]=NCC1CNCCO1. The van der Waals surface area contributed by atoms with Crippen LogP contribution in [0.3, 0.4) is 0 Å². The summed E-state index contributed by atoms with van der Waals surface area (Å²) in [6.45, 7) is 2.83. The number of nitrogens with one attached hydrogen (secondary N) is 1. The average Bonchev–Trinajstić information content (AvgIpc) is 2.03. The van der Waals surface area contributed by atoms with E-state index in [1.807, 2.05) is 0 Å². The van der Waals surface area contributed by atoms with Crippen molar-refractivity contribution in [1.29, 1.82) is 0 Å². The number of azide groups is 1. The summed E-state index contributed by atoms with van der Waals surface area (Å²) in [4.78, 5) is 2.65. The second-order valence-corrected chi connectivity index (χ2v) is 2.11. The third kappa shape index (κ3) is 4.06. The van der Waals surface area contributed by atoms with Gasteiger partial charge in [-0.05, 0) is 5.53 Å². The van der Waals surface area contributed by atoms with E-state index in [9.17, 15) is 0 Å². The van der Waals surface area contributed by atoms with E-state index in [1.54, 1.807) is 0 Å². The lowest BCUT2D eigenvalue weighted by molar-refractivity contribution is 0.0347. The number of ether oxygens (including phenoxy) is 1. The zero-order chi connectivity index (χ0) is 7.23. The highest BCUT2D eigenvalue weighted by Crippen LogP contribution is 1.95. The Kier molecular flexibility index (Phi) is 5.97.